The molecule has 0 spiro atoms. The second-order valence-corrected chi connectivity index (χ2v) is 6.50. The van der Waals surface area contributed by atoms with Crippen molar-refractivity contribution in [2.75, 3.05) is 30.7 Å². The first kappa shape index (κ1) is 15.6. The van der Waals surface area contributed by atoms with E-state index in [-0.39, 0.29) is 11.6 Å². The number of carbonyl (C=O) groups excluding carboxylic acids is 1. The van der Waals surface area contributed by atoms with E-state index in [0.29, 0.717) is 23.0 Å². The topological polar surface area (TPSA) is 75.5 Å². The van der Waals surface area contributed by atoms with Gasteiger partial charge < -0.3 is 10.2 Å². The van der Waals surface area contributed by atoms with Crippen molar-refractivity contribution in [2.45, 2.75) is 19.1 Å². The molecule has 1 N–H and O–H groups in total. The molecule has 0 aliphatic carbocycles. The number of anilines is 1. The molecule has 1 saturated heterocycles. The molecule has 1 aliphatic heterocycles. The fourth-order valence-electron chi connectivity index (χ4n) is 2.35. The molecule has 0 bridgehead atoms. The van der Waals surface area contributed by atoms with E-state index < -0.39 is 4.92 Å². The van der Waals surface area contributed by atoms with Gasteiger partial charge in [-0.3, -0.25) is 14.9 Å². The van der Waals surface area contributed by atoms with Crippen molar-refractivity contribution in [2.24, 2.45) is 0 Å². The number of carbonyl (C=O) groups is 1. The molecule has 0 radical (unpaired) electrons. The molecular weight excluding hydrogens is 290 g/mol. The van der Waals surface area contributed by atoms with Crippen molar-refractivity contribution >= 4 is 29.0 Å². The minimum absolute atomic E-state index is 0.00373. The Kier molecular flexibility index (Phi) is 5.06. The number of nitro groups is 1. The highest BCUT2D eigenvalue weighted by Gasteiger charge is 2.24. The number of nitrogens with zero attached hydrogens (tertiary/aromatic N) is 2. The number of hydrogen-bond donors (Lipinski definition) is 1. The second kappa shape index (κ2) is 6.80. The van der Waals surface area contributed by atoms with Crippen LogP contribution in [0.1, 0.15) is 24.2 Å². The molecule has 1 atom stereocenters. The van der Waals surface area contributed by atoms with Gasteiger partial charge in [-0.05, 0) is 19.1 Å². The fraction of sp³-hybridized carbons (Fsp3) is 0.500. The largest absolute Gasteiger partial charge is 0.380 e. The summed E-state index contributed by atoms with van der Waals surface area (Å²) in [6, 6.07) is 4.51. The maximum absolute atomic E-state index is 12.5. The van der Waals surface area contributed by atoms with Gasteiger partial charge in [0.15, 0.2) is 0 Å². The summed E-state index contributed by atoms with van der Waals surface area (Å²) >= 11 is 1.86. The predicted molar refractivity (Wildman–Crippen MR) is 85.1 cm³/mol. The fourth-order valence-corrected chi connectivity index (χ4v) is 3.36. The quantitative estimate of drug-likeness (QED) is 0.683. The van der Waals surface area contributed by atoms with Crippen LogP contribution >= 0.6 is 11.8 Å². The summed E-state index contributed by atoms with van der Waals surface area (Å²) in [6.45, 7) is 5.97. The van der Waals surface area contributed by atoms with Gasteiger partial charge in [-0.2, -0.15) is 11.8 Å². The van der Waals surface area contributed by atoms with Crippen LogP contribution in [0.25, 0.3) is 0 Å². The first-order valence-electron chi connectivity index (χ1n) is 6.96. The minimum Gasteiger partial charge on any atom is -0.380 e. The summed E-state index contributed by atoms with van der Waals surface area (Å²) in [5.41, 5.74) is 0.888. The third-order valence-electron chi connectivity index (χ3n) is 3.34. The molecule has 0 aromatic heterocycles. The van der Waals surface area contributed by atoms with Crippen molar-refractivity contribution < 1.29 is 9.72 Å². The molecule has 1 aromatic rings. The van der Waals surface area contributed by atoms with Crippen molar-refractivity contribution in [3.05, 3.63) is 33.9 Å². The number of hydrogen-bond acceptors (Lipinski definition) is 5. The van der Waals surface area contributed by atoms with Crippen LogP contribution in [0.3, 0.4) is 0 Å². The zero-order valence-electron chi connectivity index (χ0n) is 12.2. The molecule has 1 aliphatic rings. The summed E-state index contributed by atoms with van der Waals surface area (Å²) in [7, 11) is 0. The Bertz CT molecular complexity index is 550. The SMILES string of the molecule is CCNc1cc(C(=O)N2CCSC(C)C2)ccc1[N+](=O)[O-]. The van der Waals surface area contributed by atoms with Gasteiger partial charge in [0, 0.05) is 42.3 Å². The molecule has 6 nitrogen and oxygen atoms in total. The van der Waals surface area contributed by atoms with Crippen LogP contribution in [0.2, 0.25) is 0 Å². The Hall–Kier alpha value is -1.76. The first-order valence-corrected chi connectivity index (χ1v) is 8.01. The molecular formula is C14H19N3O3S. The lowest BCUT2D eigenvalue weighted by molar-refractivity contribution is -0.384. The van der Waals surface area contributed by atoms with Crippen molar-refractivity contribution in [3.63, 3.8) is 0 Å². The molecule has 1 unspecified atom stereocenters. The van der Waals surface area contributed by atoms with Crippen molar-refractivity contribution in [1.82, 2.24) is 4.90 Å². The maximum atomic E-state index is 12.5. The van der Waals surface area contributed by atoms with Crippen LogP contribution in [0.5, 0.6) is 0 Å². The van der Waals surface area contributed by atoms with E-state index in [9.17, 15) is 14.9 Å². The van der Waals surface area contributed by atoms with Crippen LogP contribution < -0.4 is 5.32 Å². The summed E-state index contributed by atoms with van der Waals surface area (Å²) in [4.78, 5) is 24.9. The summed E-state index contributed by atoms with van der Waals surface area (Å²) in [5.74, 6) is 0.871. The van der Waals surface area contributed by atoms with Gasteiger partial charge in [-0.25, -0.2) is 0 Å². The standard InChI is InChI=1S/C14H19N3O3S/c1-3-15-12-8-11(4-5-13(12)17(19)20)14(18)16-6-7-21-10(2)9-16/h4-5,8,10,15H,3,6-7,9H2,1-2H3. The zero-order chi connectivity index (χ0) is 15.4. The monoisotopic (exact) mass is 309 g/mol. The van der Waals surface area contributed by atoms with E-state index in [1.54, 1.807) is 6.07 Å². The molecule has 1 fully saturated rings. The van der Waals surface area contributed by atoms with Crippen LogP contribution in [-0.4, -0.2) is 46.4 Å². The van der Waals surface area contributed by atoms with Gasteiger partial charge in [-0.1, -0.05) is 6.92 Å². The number of nitro benzene ring substituents is 1. The average Bonchev–Trinajstić information content (AvgIpc) is 2.46. The Morgan fingerprint density at radius 1 is 1.57 bits per heavy atom. The van der Waals surface area contributed by atoms with E-state index in [2.05, 4.69) is 12.2 Å². The molecule has 2 rings (SSSR count). The van der Waals surface area contributed by atoms with Gasteiger partial charge in [0.25, 0.3) is 11.6 Å². The van der Waals surface area contributed by atoms with Gasteiger partial charge in [0.2, 0.25) is 0 Å². The predicted octanol–water partition coefficient (Wildman–Crippen LogP) is 2.60. The first-order chi connectivity index (χ1) is 10.0. The molecule has 0 saturated carbocycles. The van der Waals surface area contributed by atoms with Crippen LogP contribution in [-0.2, 0) is 0 Å². The Morgan fingerprint density at radius 3 is 2.95 bits per heavy atom. The van der Waals surface area contributed by atoms with E-state index in [1.807, 2.05) is 23.6 Å². The number of rotatable bonds is 4. The number of nitrogens with one attached hydrogen (secondary N) is 1. The lowest BCUT2D eigenvalue weighted by Gasteiger charge is -2.30. The molecule has 1 heterocycles. The van der Waals surface area contributed by atoms with Gasteiger partial charge in [0.1, 0.15) is 5.69 Å². The van der Waals surface area contributed by atoms with E-state index in [1.165, 1.54) is 12.1 Å². The van der Waals surface area contributed by atoms with Crippen LogP contribution in [0.4, 0.5) is 11.4 Å². The number of thioether (sulfide) groups is 1. The number of amides is 1. The summed E-state index contributed by atoms with van der Waals surface area (Å²) in [5, 5.41) is 14.4. The number of benzene rings is 1. The third-order valence-corrected chi connectivity index (χ3v) is 4.47. The molecule has 1 aromatic carbocycles. The highest BCUT2D eigenvalue weighted by Crippen LogP contribution is 2.27. The minimum atomic E-state index is -0.439. The molecule has 21 heavy (non-hydrogen) atoms. The second-order valence-electron chi connectivity index (χ2n) is 4.95. The van der Waals surface area contributed by atoms with E-state index >= 15 is 0 Å². The highest BCUT2D eigenvalue weighted by atomic mass is 32.2. The Balaban J connectivity index is 2.24. The van der Waals surface area contributed by atoms with E-state index in [4.69, 9.17) is 0 Å². The smallest absolute Gasteiger partial charge is 0.292 e. The Morgan fingerprint density at radius 2 is 2.33 bits per heavy atom. The van der Waals surface area contributed by atoms with Crippen LogP contribution in [0, 0.1) is 10.1 Å². The van der Waals surface area contributed by atoms with E-state index in [0.717, 1.165) is 18.8 Å². The maximum Gasteiger partial charge on any atom is 0.292 e. The zero-order valence-corrected chi connectivity index (χ0v) is 13.0. The van der Waals surface area contributed by atoms with Crippen molar-refractivity contribution in [1.29, 1.82) is 0 Å². The van der Waals surface area contributed by atoms with Crippen molar-refractivity contribution in [3.8, 4) is 0 Å². The highest BCUT2D eigenvalue weighted by molar-refractivity contribution is 7.99. The van der Waals surface area contributed by atoms with Gasteiger partial charge in [0.05, 0.1) is 4.92 Å². The van der Waals surface area contributed by atoms with Crippen LogP contribution in [0.15, 0.2) is 18.2 Å². The average molecular weight is 309 g/mol. The Labute approximate surface area is 128 Å². The third kappa shape index (κ3) is 3.66. The molecule has 7 heteroatoms. The summed E-state index contributed by atoms with van der Waals surface area (Å²) in [6.07, 6.45) is 0. The summed E-state index contributed by atoms with van der Waals surface area (Å²) < 4.78 is 0. The lowest BCUT2D eigenvalue weighted by Crippen LogP contribution is -2.41. The van der Waals surface area contributed by atoms with Gasteiger partial charge in [-0.15, -0.1) is 0 Å². The van der Waals surface area contributed by atoms with Gasteiger partial charge >= 0.3 is 0 Å². The molecule has 1 amide bonds. The normalized spacial score (nSPS) is 18.4. The molecule has 114 valence electrons. The lowest BCUT2D eigenvalue weighted by atomic mass is 10.1.